The minimum Gasteiger partial charge on any atom is -0.492 e. The highest BCUT2D eigenvalue weighted by Gasteiger charge is 2.10. The van der Waals surface area contributed by atoms with Crippen molar-refractivity contribution in [1.82, 2.24) is 0 Å². The van der Waals surface area contributed by atoms with Crippen LogP contribution >= 0.6 is 15.9 Å². The van der Waals surface area contributed by atoms with Crippen LogP contribution in [-0.2, 0) is 6.61 Å². The maximum Gasteiger partial charge on any atom is 0.255 e. The first-order chi connectivity index (χ1) is 14.5. The zero-order chi connectivity index (χ0) is 21.3. The predicted molar refractivity (Wildman–Crippen MR) is 124 cm³/mol. The number of nitrogens with one attached hydrogen (secondary N) is 1. The molecule has 0 aliphatic rings. The van der Waals surface area contributed by atoms with E-state index in [-0.39, 0.29) is 5.91 Å². The number of halogens is 1. The van der Waals surface area contributed by atoms with Crippen molar-refractivity contribution in [2.24, 2.45) is 5.92 Å². The van der Waals surface area contributed by atoms with Crippen molar-refractivity contribution >= 4 is 27.5 Å². The molecule has 30 heavy (non-hydrogen) atoms. The average molecular weight is 468 g/mol. The van der Waals surface area contributed by atoms with Crippen molar-refractivity contribution in [3.63, 3.8) is 0 Å². The number of rotatable bonds is 9. The molecular weight excluding hydrogens is 442 g/mol. The van der Waals surface area contributed by atoms with Gasteiger partial charge in [0.1, 0.15) is 18.1 Å². The van der Waals surface area contributed by atoms with Crippen LogP contribution in [0.1, 0.15) is 36.2 Å². The van der Waals surface area contributed by atoms with Crippen LogP contribution in [0.5, 0.6) is 11.5 Å². The molecule has 0 spiro atoms. The highest BCUT2D eigenvalue weighted by atomic mass is 79.9. The van der Waals surface area contributed by atoms with Gasteiger partial charge < -0.3 is 14.8 Å². The normalized spacial score (nSPS) is 10.7. The first-order valence-electron chi connectivity index (χ1n) is 10.0. The summed E-state index contributed by atoms with van der Waals surface area (Å²) in [5, 5.41) is 2.91. The zero-order valence-corrected chi connectivity index (χ0v) is 18.8. The molecule has 0 aliphatic carbocycles. The number of benzene rings is 3. The van der Waals surface area contributed by atoms with Crippen LogP contribution in [-0.4, -0.2) is 12.5 Å². The molecular formula is C25H26BrNO3. The summed E-state index contributed by atoms with van der Waals surface area (Å²) in [6.07, 6.45) is 0.986. The molecule has 1 N–H and O–H groups in total. The van der Waals surface area contributed by atoms with Gasteiger partial charge in [-0.3, -0.25) is 4.79 Å². The molecule has 0 heterocycles. The number of carbonyl (C=O) groups excluding carboxylic acids is 1. The number of ether oxygens (including phenoxy) is 2. The third-order valence-electron chi connectivity index (χ3n) is 4.51. The van der Waals surface area contributed by atoms with E-state index in [2.05, 4.69) is 35.1 Å². The van der Waals surface area contributed by atoms with E-state index in [0.717, 1.165) is 28.0 Å². The van der Waals surface area contributed by atoms with Gasteiger partial charge in [-0.15, -0.1) is 0 Å². The molecule has 0 unspecified atom stereocenters. The van der Waals surface area contributed by atoms with Gasteiger partial charge in [0.25, 0.3) is 5.91 Å². The lowest BCUT2D eigenvalue weighted by Gasteiger charge is -2.11. The maximum atomic E-state index is 12.6. The summed E-state index contributed by atoms with van der Waals surface area (Å²) in [5.74, 6) is 1.90. The van der Waals surface area contributed by atoms with Crippen LogP contribution in [0, 0.1) is 5.92 Å². The monoisotopic (exact) mass is 467 g/mol. The van der Waals surface area contributed by atoms with E-state index in [9.17, 15) is 4.79 Å². The van der Waals surface area contributed by atoms with E-state index in [1.54, 1.807) is 12.1 Å². The van der Waals surface area contributed by atoms with Crippen molar-refractivity contribution < 1.29 is 14.3 Å². The summed E-state index contributed by atoms with van der Waals surface area (Å²) in [6.45, 7) is 5.48. The maximum absolute atomic E-state index is 12.6. The Hall–Kier alpha value is -2.79. The molecule has 0 radical (unpaired) electrons. The minimum absolute atomic E-state index is 0.178. The largest absolute Gasteiger partial charge is 0.492 e. The summed E-state index contributed by atoms with van der Waals surface area (Å²) in [6, 6.07) is 22.7. The third-order valence-corrected chi connectivity index (χ3v) is 5.13. The fraction of sp³-hybridized carbons (Fsp3) is 0.240. The highest BCUT2D eigenvalue weighted by molar-refractivity contribution is 9.10. The number of hydrogen-bond acceptors (Lipinski definition) is 3. The van der Waals surface area contributed by atoms with Crippen LogP contribution in [0.4, 0.5) is 5.69 Å². The lowest BCUT2D eigenvalue weighted by Crippen LogP contribution is -2.12. The summed E-state index contributed by atoms with van der Waals surface area (Å²) in [4.78, 5) is 12.6. The molecule has 0 aromatic heterocycles. The van der Waals surface area contributed by atoms with Crippen molar-refractivity contribution in [3.8, 4) is 11.5 Å². The Morgan fingerprint density at radius 2 is 1.70 bits per heavy atom. The fourth-order valence-corrected chi connectivity index (χ4v) is 3.24. The molecule has 3 rings (SSSR count). The van der Waals surface area contributed by atoms with Gasteiger partial charge in [0.15, 0.2) is 0 Å². The first-order valence-corrected chi connectivity index (χ1v) is 10.8. The summed E-state index contributed by atoms with van der Waals surface area (Å²) >= 11 is 3.49. The molecule has 5 heteroatoms. The van der Waals surface area contributed by atoms with Gasteiger partial charge in [-0.2, -0.15) is 0 Å². The van der Waals surface area contributed by atoms with Crippen molar-refractivity contribution in [3.05, 3.63) is 88.4 Å². The van der Waals surface area contributed by atoms with E-state index in [4.69, 9.17) is 9.47 Å². The Bertz CT molecular complexity index is 956. The second-order valence-corrected chi connectivity index (χ2v) is 8.28. The van der Waals surface area contributed by atoms with Crippen molar-refractivity contribution in [2.75, 3.05) is 11.9 Å². The lowest BCUT2D eigenvalue weighted by molar-refractivity contribution is 0.102. The smallest absolute Gasteiger partial charge is 0.255 e. The minimum atomic E-state index is -0.178. The van der Waals surface area contributed by atoms with E-state index < -0.39 is 0 Å². The Kier molecular flexibility index (Phi) is 7.91. The molecule has 3 aromatic carbocycles. The van der Waals surface area contributed by atoms with Gasteiger partial charge >= 0.3 is 0 Å². The van der Waals surface area contributed by atoms with Gasteiger partial charge in [-0.1, -0.05) is 44.2 Å². The number of carbonyl (C=O) groups is 1. The van der Waals surface area contributed by atoms with E-state index in [1.165, 1.54) is 0 Å². The zero-order valence-electron chi connectivity index (χ0n) is 17.2. The van der Waals surface area contributed by atoms with E-state index in [1.807, 2.05) is 60.7 Å². The topological polar surface area (TPSA) is 47.6 Å². The molecule has 0 saturated heterocycles. The molecule has 4 nitrogen and oxygen atoms in total. The van der Waals surface area contributed by atoms with Crippen LogP contribution in [0.2, 0.25) is 0 Å². The predicted octanol–water partition coefficient (Wildman–Crippen LogP) is 6.71. The van der Waals surface area contributed by atoms with Crippen molar-refractivity contribution in [1.29, 1.82) is 0 Å². The second kappa shape index (κ2) is 10.8. The number of anilines is 1. The SMILES string of the molecule is CC(C)CCOc1ccc(C(=O)Nc2ccc(OCc3ccccc3)cc2)cc1Br. The lowest BCUT2D eigenvalue weighted by atomic mass is 10.1. The van der Waals surface area contributed by atoms with Crippen LogP contribution in [0.15, 0.2) is 77.3 Å². The molecule has 0 saturated carbocycles. The summed E-state index contributed by atoms with van der Waals surface area (Å²) in [5.41, 5.74) is 2.38. The Labute approximate surface area is 186 Å². The Balaban J connectivity index is 1.54. The van der Waals surface area contributed by atoms with Gasteiger partial charge in [0.05, 0.1) is 11.1 Å². The van der Waals surface area contributed by atoms with E-state index in [0.29, 0.717) is 30.4 Å². The molecule has 1 amide bonds. The molecule has 0 aliphatic heterocycles. The standard InChI is InChI=1S/C25H26BrNO3/c1-18(2)14-15-29-24-13-8-20(16-23(24)26)25(28)27-21-9-11-22(12-10-21)30-17-19-6-4-3-5-7-19/h3-13,16,18H,14-15,17H2,1-2H3,(H,27,28). The van der Waals surface area contributed by atoms with Crippen LogP contribution in [0.3, 0.4) is 0 Å². The third kappa shape index (κ3) is 6.63. The Morgan fingerprint density at radius 3 is 2.37 bits per heavy atom. The molecule has 0 atom stereocenters. The molecule has 156 valence electrons. The quantitative estimate of drug-likeness (QED) is 0.380. The van der Waals surface area contributed by atoms with Crippen LogP contribution < -0.4 is 14.8 Å². The van der Waals surface area contributed by atoms with Gasteiger partial charge in [-0.25, -0.2) is 0 Å². The molecule has 0 bridgehead atoms. The second-order valence-electron chi connectivity index (χ2n) is 7.43. The van der Waals surface area contributed by atoms with Gasteiger partial charge in [-0.05, 0) is 76.3 Å². The first kappa shape index (κ1) is 21.9. The Morgan fingerprint density at radius 1 is 0.967 bits per heavy atom. The van der Waals surface area contributed by atoms with Crippen molar-refractivity contribution in [2.45, 2.75) is 26.9 Å². The number of hydrogen-bond donors (Lipinski definition) is 1. The van der Waals surface area contributed by atoms with Gasteiger partial charge in [0.2, 0.25) is 0 Å². The average Bonchev–Trinajstić information content (AvgIpc) is 2.75. The van der Waals surface area contributed by atoms with E-state index >= 15 is 0 Å². The highest BCUT2D eigenvalue weighted by Crippen LogP contribution is 2.27. The fourth-order valence-electron chi connectivity index (χ4n) is 2.74. The summed E-state index contributed by atoms with van der Waals surface area (Å²) < 4.78 is 12.3. The molecule has 3 aromatic rings. The van der Waals surface area contributed by atoms with Crippen LogP contribution in [0.25, 0.3) is 0 Å². The summed E-state index contributed by atoms with van der Waals surface area (Å²) in [7, 11) is 0. The number of amides is 1. The molecule has 0 fully saturated rings. The van der Waals surface area contributed by atoms with Gasteiger partial charge in [0, 0.05) is 11.3 Å².